The fourth-order valence-corrected chi connectivity index (χ4v) is 5.04. The lowest BCUT2D eigenvalue weighted by Gasteiger charge is -2.45. The van der Waals surface area contributed by atoms with Gasteiger partial charge in [-0.2, -0.15) is 26.3 Å². The molecule has 2 aliphatic heterocycles. The van der Waals surface area contributed by atoms with Crippen molar-refractivity contribution in [3.8, 4) is 0 Å². The second kappa shape index (κ2) is 9.81. The molecular weight excluding hydrogens is 474 g/mol. The van der Waals surface area contributed by atoms with Crippen LogP contribution < -0.4 is 0 Å². The van der Waals surface area contributed by atoms with Crippen LogP contribution in [0.5, 0.6) is 0 Å². The van der Waals surface area contributed by atoms with Gasteiger partial charge in [-0.05, 0) is 42.7 Å². The molecule has 190 valence electrons. The summed E-state index contributed by atoms with van der Waals surface area (Å²) in [5, 5.41) is 0. The van der Waals surface area contributed by atoms with Crippen LogP contribution in [-0.2, 0) is 17.1 Å². The van der Waals surface area contributed by atoms with Crippen LogP contribution in [0.15, 0.2) is 42.5 Å². The van der Waals surface area contributed by atoms with E-state index >= 15 is 0 Å². The van der Waals surface area contributed by atoms with Crippen LogP contribution in [0.4, 0.5) is 26.3 Å². The summed E-state index contributed by atoms with van der Waals surface area (Å²) < 4.78 is 85.4. The van der Waals surface area contributed by atoms with E-state index in [0.717, 1.165) is 24.2 Å². The van der Waals surface area contributed by atoms with Crippen molar-refractivity contribution in [1.82, 2.24) is 9.80 Å². The van der Waals surface area contributed by atoms with E-state index in [0.29, 0.717) is 31.8 Å². The van der Waals surface area contributed by atoms with Gasteiger partial charge in [-0.25, -0.2) is 0 Å². The SMILES string of the molecule is Cc1ccccc1C1CN(C(=O)c2cc(C(F)(F)F)cc(C(F)(F)F)c2)CCC1N1CCOCC1. The van der Waals surface area contributed by atoms with Crippen molar-refractivity contribution in [2.24, 2.45) is 0 Å². The average Bonchev–Trinajstić information content (AvgIpc) is 2.83. The molecule has 2 aliphatic rings. The molecule has 0 saturated carbocycles. The van der Waals surface area contributed by atoms with Crippen molar-refractivity contribution in [2.75, 3.05) is 39.4 Å². The molecule has 0 spiro atoms. The Labute approximate surface area is 199 Å². The first-order valence-corrected chi connectivity index (χ1v) is 11.4. The number of nitrogens with zero attached hydrogens (tertiary/aromatic N) is 2. The summed E-state index contributed by atoms with van der Waals surface area (Å²) >= 11 is 0. The Hall–Kier alpha value is -2.59. The van der Waals surface area contributed by atoms with Gasteiger partial charge in [-0.3, -0.25) is 9.69 Å². The van der Waals surface area contributed by atoms with Gasteiger partial charge < -0.3 is 9.64 Å². The Bertz CT molecular complexity index is 1030. The topological polar surface area (TPSA) is 32.8 Å². The summed E-state index contributed by atoms with van der Waals surface area (Å²) in [6.45, 7) is 5.01. The molecule has 0 aromatic heterocycles. The molecule has 0 radical (unpaired) electrons. The van der Waals surface area contributed by atoms with Crippen LogP contribution in [0.25, 0.3) is 0 Å². The molecule has 2 fully saturated rings. The largest absolute Gasteiger partial charge is 0.416 e. The number of halogens is 6. The van der Waals surface area contributed by atoms with E-state index in [9.17, 15) is 31.1 Å². The highest BCUT2D eigenvalue weighted by Crippen LogP contribution is 2.38. The molecular formula is C25H26F6N2O2. The van der Waals surface area contributed by atoms with Crippen molar-refractivity contribution in [3.05, 3.63) is 70.3 Å². The molecule has 10 heteroatoms. The minimum Gasteiger partial charge on any atom is -0.379 e. The molecule has 2 aromatic rings. The zero-order valence-corrected chi connectivity index (χ0v) is 19.1. The number of amides is 1. The zero-order chi connectivity index (χ0) is 25.4. The summed E-state index contributed by atoms with van der Waals surface area (Å²) in [6, 6.07) is 8.84. The van der Waals surface area contributed by atoms with Gasteiger partial charge in [0.25, 0.3) is 5.91 Å². The summed E-state index contributed by atoms with van der Waals surface area (Å²) in [5.41, 5.74) is -1.56. The minimum atomic E-state index is -5.01. The summed E-state index contributed by atoms with van der Waals surface area (Å²) in [7, 11) is 0. The fraction of sp³-hybridized carbons (Fsp3) is 0.480. The first-order chi connectivity index (χ1) is 16.4. The maximum absolute atomic E-state index is 13.3. The van der Waals surface area contributed by atoms with Gasteiger partial charge in [-0.1, -0.05) is 24.3 Å². The average molecular weight is 500 g/mol. The lowest BCUT2D eigenvalue weighted by atomic mass is 9.82. The first kappa shape index (κ1) is 25.5. The molecule has 0 aliphatic carbocycles. The van der Waals surface area contributed by atoms with Crippen molar-refractivity contribution in [1.29, 1.82) is 0 Å². The number of carbonyl (C=O) groups excluding carboxylic acids is 1. The number of carbonyl (C=O) groups is 1. The predicted octanol–water partition coefficient (Wildman–Crippen LogP) is 5.36. The van der Waals surface area contributed by atoms with Gasteiger partial charge in [0.15, 0.2) is 0 Å². The molecule has 2 aromatic carbocycles. The van der Waals surface area contributed by atoms with E-state index in [1.54, 1.807) is 0 Å². The summed E-state index contributed by atoms with van der Waals surface area (Å²) in [6.07, 6.45) is -9.47. The molecule has 2 saturated heterocycles. The third kappa shape index (κ3) is 5.64. The minimum absolute atomic E-state index is 0.0393. The van der Waals surface area contributed by atoms with Crippen LogP contribution in [0.1, 0.15) is 45.0 Å². The monoisotopic (exact) mass is 500 g/mol. The fourth-order valence-electron chi connectivity index (χ4n) is 5.04. The number of likely N-dealkylation sites (tertiary alicyclic amines) is 1. The Balaban J connectivity index is 1.67. The van der Waals surface area contributed by atoms with Crippen molar-refractivity contribution < 1.29 is 35.9 Å². The van der Waals surface area contributed by atoms with Gasteiger partial charge in [0, 0.05) is 43.7 Å². The summed E-state index contributed by atoms with van der Waals surface area (Å²) in [4.78, 5) is 16.9. The lowest BCUT2D eigenvalue weighted by Crippen LogP contribution is -2.54. The van der Waals surface area contributed by atoms with E-state index in [2.05, 4.69) is 4.90 Å². The van der Waals surface area contributed by atoms with Gasteiger partial charge in [0.2, 0.25) is 0 Å². The van der Waals surface area contributed by atoms with Crippen LogP contribution in [0, 0.1) is 6.92 Å². The predicted molar refractivity (Wildman–Crippen MR) is 117 cm³/mol. The van der Waals surface area contributed by atoms with Gasteiger partial charge in [0.05, 0.1) is 24.3 Å². The Kier molecular flexibility index (Phi) is 7.15. The highest BCUT2D eigenvalue weighted by atomic mass is 19.4. The summed E-state index contributed by atoms with van der Waals surface area (Å²) in [5.74, 6) is -0.972. The van der Waals surface area contributed by atoms with E-state index in [-0.39, 0.29) is 31.1 Å². The quantitative estimate of drug-likeness (QED) is 0.532. The lowest BCUT2D eigenvalue weighted by molar-refractivity contribution is -0.143. The van der Waals surface area contributed by atoms with Crippen LogP contribution in [0.3, 0.4) is 0 Å². The van der Waals surface area contributed by atoms with Gasteiger partial charge >= 0.3 is 12.4 Å². The molecule has 4 rings (SSSR count). The standard InChI is InChI=1S/C25H26F6N2O2/c1-16-4-2-3-5-20(16)21-15-33(7-6-22(21)32-8-10-35-11-9-32)23(34)17-12-18(24(26,27)28)14-19(13-17)25(29,30)31/h2-5,12-14,21-22H,6-11,15H2,1H3. The number of hydrogen-bond acceptors (Lipinski definition) is 3. The molecule has 2 unspecified atom stereocenters. The van der Waals surface area contributed by atoms with E-state index in [1.807, 2.05) is 31.2 Å². The number of aryl methyl sites for hydroxylation is 1. The second-order valence-electron chi connectivity index (χ2n) is 9.01. The van der Waals surface area contributed by atoms with Crippen LogP contribution >= 0.6 is 0 Å². The molecule has 1 amide bonds. The molecule has 4 nitrogen and oxygen atoms in total. The number of hydrogen-bond donors (Lipinski definition) is 0. The van der Waals surface area contributed by atoms with Crippen molar-refractivity contribution in [3.63, 3.8) is 0 Å². The smallest absolute Gasteiger partial charge is 0.379 e. The van der Waals surface area contributed by atoms with Crippen LogP contribution in [0.2, 0.25) is 0 Å². The maximum atomic E-state index is 13.3. The maximum Gasteiger partial charge on any atom is 0.416 e. The Morgan fingerprint density at radius 2 is 1.51 bits per heavy atom. The zero-order valence-electron chi connectivity index (χ0n) is 19.1. The molecule has 0 N–H and O–H groups in total. The second-order valence-corrected chi connectivity index (χ2v) is 9.01. The van der Waals surface area contributed by atoms with Gasteiger partial charge in [-0.15, -0.1) is 0 Å². The Morgan fingerprint density at radius 1 is 0.914 bits per heavy atom. The number of rotatable bonds is 3. The highest BCUT2D eigenvalue weighted by Gasteiger charge is 2.40. The number of ether oxygens (including phenoxy) is 1. The van der Waals surface area contributed by atoms with Crippen LogP contribution in [-0.4, -0.2) is 61.1 Å². The number of morpholine rings is 1. The Morgan fingerprint density at radius 3 is 2.09 bits per heavy atom. The normalized spacial score (nSPS) is 22.3. The van der Waals surface area contributed by atoms with Gasteiger partial charge in [0.1, 0.15) is 0 Å². The number of piperidine rings is 1. The van der Waals surface area contributed by atoms with E-state index < -0.39 is 35.0 Å². The third-order valence-electron chi connectivity index (χ3n) is 6.80. The number of benzene rings is 2. The van der Waals surface area contributed by atoms with E-state index in [4.69, 9.17) is 4.74 Å². The van der Waals surface area contributed by atoms with Crippen molar-refractivity contribution >= 4 is 5.91 Å². The molecule has 35 heavy (non-hydrogen) atoms. The van der Waals surface area contributed by atoms with E-state index in [1.165, 1.54) is 4.90 Å². The molecule has 2 atom stereocenters. The molecule has 2 heterocycles. The third-order valence-corrected chi connectivity index (χ3v) is 6.80. The first-order valence-electron chi connectivity index (χ1n) is 11.4. The number of alkyl halides is 6. The molecule has 0 bridgehead atoms. The highest BCUT2D eigenvalue weighted by molar-refractivity contribution is 5.95. The van der Waals surface area contributed by atoms with Crippen molar-refractivity contribution in [2.45, 2.75) is 37.7 Å².